The molecule has 2 atom stereocenters. The van der Waals surface area contributed by atoms with Crippen molar-refractivity contribution in [3.63, 3.8) is 0 Å². The zero-order valence-electron chi connectivity index (χ0n) is 10.5. The molecule has 0 aromatic carbocycles. The van der Waals surface area contributed by atoms with Gasteiger partial charge < -0.3 is 9.47 Å². The highest BCUT2D eigenvalue weighted by atomic mass is 16.7. The van der Waals surface area contributed by atoms with Crippen molar-refractivity contribution in [2.24, 2.45) is 17.3 Å². The van der Waals surface area contributed by atoms with E-state index < -0.39 is 11.2 Å². The molecule has 0 amide bonds. The number of hydrogen-bond donors (Lipinski definition) is 0. The third-order valence-electron chi connectivity index (χ3n) is 4.42. The Kier molecular flexibility index (Phi) is 2.17. The second-order valence-electron chi connectivity index (χ2n) is 5.62. The molecule has 17 heavy (non-hydrogen) atoms. The van der Waals surface area contributed by atoms with E-state index in [0.29, 0.717) is 13.2 Å². The minimum atomic E-state index is -0.829. The van der Waals surface area contributed by atoms with Gasteiger partial charge in [0.05, 0.1) is 18.6 Å². The van der Waals surface area contributed by atoms with Crippen LogP contribution in [0.3, 0.4) is 0 Å². The predicted octanol–water partition coefficient (Wildman–Crippen LogP) is 2.09. The van der Waals surface area contributed by atoms with E-state index in [9.17, 15) is 4.79 Å². The summed E-state index contributed by atoms with van der Waals surface area (Å²) in [5, 5.41) is 0. The predicted molar refractivity (Wildman–Crippen MR) is 63.3 cm³/mol. The molecule has 2 fully saturated rings. The molecular weight excluding hydrogens is 216 g/mol. The summed E-state index contributed by atoms with van der Waals surface area (Å²) >= 11 is 0. The van der Waals surface area contributed by atoms with Crippen molar-refractivity contribution in [1.82, 2.24) is 0 Å². The lowest BCUT2D eigenvalue weighted by molar-refractivity contribution is -0.215. The van der Waals surface area contributed by atoms with Crippen molar-refractivity contribution >= 4 is 5.78 Å². The summed E-state index contributed by atoms with van der Waals surface area (Å²) in [6, 6.07) is 0. The van der Waals surface area contributed by atoms with Crippen LogP contribution in [0.2, 0.25) is 0 Å². The molecule has 0 bridgehead atoms. The quantitative estimate of drug-likeness (QED) is 0.644. The van der Waals surface area contributed by atoms with Crippen LogP contribution in [0.15, 0.2) is 23.8 Å². The van der Waals surface area contributed by atoms with E-state index in [2.05, 4.69) is 12.2 Å². The van der Waals surface area contributed by atoms with Crippen molar-refractivity contribution in [1.29, 1.82) is 0 Å². The molecule has 0 N–H and O–H groups in total. The van der Waals surface area contributed by atoms with Gasteiger partial charge in [-0.15, -0.1) is 0 Å². The number of Topliss-reactive ketones (excluding diaryl/α,β-unsaturated/α-hetero) is 1. The van der Waals surface area contributed by atoms with Crippen LogP contribution in [0.4, 0.5) is 0 Å². The van der Waals surface area contributed by atoms with Gasteiger partial charge in [-0.25, -0.2) is 0 Å². The number of allylic oxidation sites excluding steroid dienone is 3. The lowest BCUT2D eigenvalue weighted by Crippen LogP contribution is -2.59. The molecule has 3 rings (SSSR count). The van der Waals surface area contributed by atoms with Gasteiger partial charge in [0.1, 0.15) is 5.78 Å². The first-order valence-electron chi connectivity index (χ1n) is 6.22. The summed E-state index contributed by atoms with van der Waals surface area (Å²) in [6.45, 7) is 7.00. The van der Waals surface area contributed by atoms with Gasteiger partial charge in [-0.3, -0.25) is 4.79 Å². The van der Waals surface area contributed by atoms with Crippen molar-refractivity contribution in [2.45, 2.75) is 26.6 Å². The zero-order chi connectivity index (χ0) is 12.3. The molecule has 92 valence electrons. The summed E-state index contributed by atoms with van der Waals surface area (Å²) in [7, 11) is 0. The summed E-state index contributed by atoms with van der Waals surface area (Å²) in [5.74, 6) is -0.444. The number of carbonyl (C=O) groups excluding carboxylic acids is 1. The molecule has 1 heterocycles. The Morgan fingerprint density at radius 3 is 2.59 bits per heavy atom. The normalized spacial score (nSPS) is 37.4. The van der Waals surface area contributed by atoms with Crippen molar-refractivity contribution in [2.75, 3.05) is 13.2 Å². The Labute approximate surface area is 101 Å². The van der Waals surface area contributed by atoms with Crippen molar-refractivity contribution in [3.05, 3.63) is 23.8 Å². The molecule has 1 spiro atoms. The fourth-order valence-corrected chi connectivity index (χ4v) is 3.45. The number of ketones is 1. The Morgan fingerprint density at radius 2 is 1.94 bits per heavy atom. The average molecular weight is 234 g/mol. The van der Waals surface area contributed by atoms with Gasteiger partial charge in [0.25, 0.3) is 0 Å². The van der Waals surface area contributed by atoms with Crippen LogP contribution in [0, 0.1) is 17.3 Å². The average Bonchev–Trinajstić information content (AvgIpc) is 2.93. The van der Waals surface area contributed by atoms with Crippen LogP contribution >= 0.6 is 0 Å². The Hall–Kier alpha value is -0.930. The van der Waals surface area contributed by atoms with Crippen LogP contribution in [-0.4, -0.2) is 24.8 Å². The lowest BCUT2D eigenvalue weighted by atomic mass is 9.61. The summed E-state index contributed by atoms with van der Waals surface area (Å²) < 4.78 is 11.8. The maximum absolute atomic E-state index is 12.5. The molecule has 2 aliphatic carbocycles. The van der Waals surface area contributed by atoms with Crippen LogP contribution in [0.1, 0.15) is 20.8 Å². The van der Waals surface area contributed by atoms with E-state index in [-0.39, 0.29) is 17.6 Å². The SMILES string of the molecule is C[C@@H]1C(=O)C(C)(C)C2(OCCO2)C2=CC=C[C@H]21. The molecule has 1 saturated carbocycles. The largest absolute Gasteiger partial charge is 0.343 e. The molecule has 0 aromatic heterocycles. The number of fused-ring (bicyclic) bond motifs is 2. The second-order valence-corrected chi connectivity index (χ2v) is 5.62. The van der Waals surface area contributed by atoms with Crippen LogP contribution in [0.5, 0.6) is 0 Å². The van der Waals surface area contributed by atoms with Gasteiger partial charge in [-0.05, 0) is 19.4 Å². The topological polar surface area (TPSA) is 35.5 Å². The van der Waals surface area contributed by atoms with Gasteiger partial charge >= 0.3 is 0 Å². The van der Waals surface area contributed by atoms with Crippen LogP contribution in [-0.2, 0) is 14.3 Å². The highest BCUT2D eigenvalue weighted by molar-refractivity contribution is 5.90. The van der Waals surface area contributed by atoms with E-state index in [1.54, 1.807) is 0 Å². The first-order chi connectivity index (χ1) is 8.01. The molecule has 3 aliphatic rings. The fraction of sp³-hybridized carbons (Fsp3) is 0.643. The van der Waals surface area contributed by atoms with E-state index in [1.165, 1.54) is 0 Å². The fourth-order valence-electron chi connectivity index (χ4n) is 3.45. The smallest absolute Gasteiger partial charge is 0.204 e. The molecule has 0 unspecified atom stereocenters. The molecule has 0 aromatic rings. The van der Waals surface area contributed by atoms with Crippen molar-refractivity contribution in [3.8, 4) is 0 Å². The third kappa shape index (κ3) is 1.16. The van der Waals surface area contributed by atoms with Gasteiger partial charge in [0.15, 0.2) is 0 Å². The first kappa shape index (κ1) is 11.2. The maximum atomic E-state index is 12.5. The number of hydrogen-bond acceptors (Lipinski definition) is 3. The highest BCUT2D eigenvalue weighted by Crippen LogP contribution is 2.55. The van der Waals surface area contributed by atoms with E-state index in [1.807, 2.05) is 26.8 Å². The molecule has 1 aliphatic heterocycles. The monoisotopic (exact) mass is 234 g/mol. The second kappa shape index (κ2) is 3.30. The molecule has 3 heteroatoms. The van der Waals surface area contributed by atoms with Gasteiger partial charge in [0.2, 0.25) is 5.79 Å². The minimum absolute atomic E-state index is 0.00780. The Bertz CT molecular complexity index is 425. The van der Waals surface area contributed by atoms with Gasteiger partial charge in [-0.2, -0.15) is 0 Å². The highest BCUT2D eigenvalue weighted by Gasteiger charge is 2.63. The standard InChI is InChI=1S/C14H18O3/c1-9-10-5-4-6-11(10)14(16-7-8-17-14)13(2,3)12(9)15/h4-6,9-10H,7-8H2,1-3H3/t9-,10-/m0/s1. The third-order valence-corrected chi connectivity index (χ3v) is 4.42. The molecule has 0 radical (unpaired) electrons. The van der Waals surface area contributed by atoms with E-state index in [4.69, 9.17) is 9.47 Å². The summed E-state index contributed by atoms with van der Waals surface area (Å²) in [5.41, 5.74) is 0.504. The lowest BCUT2D eigenvalue weighted by Gasteiger charge is -2.49. The van der Waals surface area contributed by atoms with Crippen LogP contribution < -0.4 is 0 Å². The van der Waals surface area contributed by atoms with Crippen molar-refractivity contribution < 1.29 is 14.3 Å². The van der Waals surface area contributed by atoms with E-state index >= 15 is 0 Å². The van der Waals surface area contributed by atoms with Gasteiger partial charge in [0, 0.05) is 11.8 Å². The first-order valence-corrected chi connectivity index (χ1v) is 6.22. The summed E-state index contributed by atoms with van der Waals surface area (Å²) in [6.07, 6.45) is 6.15. The molecule has 1 saturated heterocycles. The number of rotatable bonds is 0. The molecular formula is C14H18O3. The van der Waals surface area contributed by atoms with Crippen LogP contribution in [0.25, 0.3) is 0 Å². The summed E-state index contributed by atoms with van der Waals surface area (Å²) in [4.78, 5) is 12.5. The van der Waals surface area contributed by atoms with E-state index in [0.717, 1.165) is 5.57 Å². The molecule has 3 nitrogen and oxygen atoms in total. The Balaban J connectivity index is 2.15. The Morgan fingerprint density at radius 1 is 1.29 bits per heavy atom. The van der Waals surface area contributed by atoms with Gasteiger partial charge in [-0.1, -0.05) is 25.2 Å². The zero-order valence-corrected chi connectivity index (χ0v) is 10.5. The maximum Gasteiger partial charge on any atom is 0.204 e. The number of ether oxygens (including phenoxy) is 2. The minimum Gasteiger partial charge on any atom is -0.343 e. The number of carbonyl (C=O) groups is 1.